The molecular weight excluding hydrogens is 988 g/mol. The van der Waals surface area contributed by atoms with Gasteiger partial charge in [-0.15, -0.1) is 48.1 Å². The number of nitrogens with zero attached hydrogens (tertiary/aromatic N) is 4. The Bertz CT molecular complexity index is 3190. The number of hydrogen-bond donors (Lipinski definition) is 0. The maximum absolute atomic E-state index is 6.71. The van der Waals surface area contributed by atoms with Gasteiger partial charge in [-0.3, -0.25) is 0 Å². The molecule has 0 amide bonds. The molecule has 2 aromatic heterocycles. The molecule has 0 N–H and O–H groups in total. The first kappa shape index (κ1) is 44.8. The van der Waals surface area contributed by atoms with Crippen molar-refractivity contribution in [1.29, 1.82) is 0 Å². The van der Waals surface area contributed by atoms with Crippen molar-refractivity contribution >= 4 is 44.6 Å². The van der Waals surface area contributed by atoms with Crippen LogP contribution in [-0.4, -0.2) is 9.55 Å². The number of aryl methyl sites for hydroxylation is 1. The minimum Gasteiger partial charge on any atom is -0.509 e. The fraction of sp³-hybridized carbons (Fsp3) is 0.200. The van der Waals surface area contributed by atoms with Gasteiger partial charge in [0.1, 0.15) is 5.82 Å². The summed E-state index contributed by atoms with van der Waals surface area (Å²) in [5.41, 5.74) is 16.3. The minimum absolute atomic E-state index is 0. The second kappa shape index (κ2) is 18.1. The Hall–Kier alpha value is -6.42. The third kappa shape index (κ3) is 8.35. The Morgan fingerprint density at radius 1 is 0.621 bits per heavy atom. The average Bonchev–Trinajstić information content (AvgIpc) is 3.87. The molecule has 0 radical (unpaired) electrons. The number of benzene rings is 7. The van der Waals surface area contributed by atoms with Crippen molar-refractivity contribution in [1.82, 2.24) is 9.55 Å². The summed E-state index contributed by atoms with van der Waals surface area (Å²) < 4.78 is 8.95. The Labute approximate surface area is 405 Å². The third-order valence-corrected chi connectivity index (χ3v) is 12.8. The summed E-state index contributed by atoms with van der Waals surface area (Å²) in [5.74, 6) is 2.85. The van der Waals surface area contributed by atoms with E-state index < -0.39 is 0 Å². The molecule has 6 heteroatoms. The number of hydrogen-bond acceptors (Lipinski definition) is 4. The molecule has 334 valence electrons. The molecule has 0 bridgehead atoms. The van der Waals surface area contributed by atoms with Crippen molar-refractivity contribution in [3.8, 4) is 39.6 Å². The predicted molar refractivity (Wildman–Crippen MR) is 271 cm³/mol. The summed E-state index contributed by atoms with van der Waals surface area (Å²) >= 11 is 0. The number of ether oxygens (including phenoxy) is 1. The molecule has 3 heterocycles. The van der Waals surface area contributed by atoms with Crippen LogP contribution in [0.2, 0.25) is 0 Å². The number of anilines is 4. The molecule has 66 heavy (non-hydrogen) atoms. The van der Waals surface area contributed by atoms with Gasteiger partial charge in [-0.1, -0.05) is 140 Å². The van der Waals surface area contributed by atoms with Gasteiger partial charge in [0, 0.05) is 61.3 Å². The van der Waals surface area contributed by atoms with Crippen LogP contribution in [0.15, 0.2) is 158 Å². The summed E-state index contributed by atoms with van der Waals surface area (Å²) in [5, 5.41) is 2.25. The van der Waals surface area contributed by atoms with Crippen LogP contribution in [0.5, 0.6) is 11.5 Å². The van der Waals surface area contributed by atoms with E-state index >= 15 is 0 Å². The number of aromatic nitrogens is 2. The Balaban J connectivity index is 0.00000548. The van der Waals surface area contributed by atoms with E-state index in [1.165, 1.54) is 44.5 Å². The normalized spacial score (nSPS) is 12.6. The van der Waals surface area contributed by atoms with Gasteiger partial charge in [0.05, 0.1) is 0 Å². The first-order chi connectivity index (χ1) is 31.4. The molecule has 10 rings (SSSR count). The van der Waals surface area contributed by atoms with Crippen LogP contribution in [0.1, 0.15) is 89.5 Å². The zero-order chi connectivity index (χ0) is 45.0. The molecule has 0 atom stereocenters. The Morgan fingerprint density at radius 3 is 2.03 bits per heavy atom. The van der Waals surface area contributed by atoms with Crippen LogP contribution in [0.25, 0.3) is 49.9 Å². The van der Waals surface area contributed by atoms with E-state index in [0.29, 0.717) is 23.3 Å². The fourth-order valence-electron chi connectivity index (χ4n) is 9.31. The molecule has 5 nitrogen and oxygen atoms in total. The van der Waals surface area contributed by atoms with E-state index in [4.69, 9.17) is 9.72 Å². The quantitative estimate of drug-likeness (QED) is 0.128. The van der Waals surface area contributed by atoms with E-state index in [1.807, 2.05) is 24.4 Å². The molecule has 0 saturated carbocycles. The second-order valence-corrected chi connectivity index (χ2v) is 18.9. The standard InChI is InChI=1S/C60H55N4O.Pt/c1-9-41-29-30-61-58(31-41)64-54-28-25-43(59-50(39(2)3)21-16-22-51(59)40(4)5)34-53(54)52-27-26-49(37-57(52)64)65-48-20-15-19-46(36-48)62-38-63(56-24-14-13-23-55(56)62)47-33-44(42-17-11-10-12-18-42)32-45(35-47)60(6,7)8;/h10-35,38-40H,9H2,1-8H3;/q-3;. The maximum atomic E-state index is 6.71. The van der Waals surface area contributed by atoms with Crippen LogP contribution in [0.3, 0.4) is 0 Å². The number of fused-ring (bicyclic) bond motifs is 4. The second-order valence-electron chi connectivity index (χ2n) is 18.9. The van der Waals surface area contributed by atoms with Crippen molar-refractivity contribution in [2.45, 2.75) is 79.1 Å². The van der Waals surface area contributed by atoms with Crippen molar-refractivity contribution in [2.24, 2.45) is 0 Å². The van der Waals surface area contributed by atoms with E-state index in [1.54, 1.807) is 0 Å². The van der Waals surface area contributed by atoms with Crippen molar-refractivity contribution < 1.29 is 25.8 Å². The van der Waals surface area contributed by atoms with Crippen molar-refractivity contribution in [3.05, 3.63) is 199 Å². The molecule has 0 saturated heterocycles. The van der Waals surface area contributed by atoms with Gasteiger partial charge in [0.25, 0.3) is 0 Å². The zero-order valence-corrected chi connectivity index (χ0v) is 41.2. The van der Waals surface area contributed by atoms with Gasteiger partial charge < -0.3 is 19.1 Å². The first-order valence-corrected chi connectivity index (χ1v) is 23.0. The van der Waals surface area contributed by atoms with Gasteiger partial charge >= 0.3 is 0 Å². The van der Waals surface area contributed by atoms with Crippen molar-refractivity contribution in [2.75, 3.05) is 9.80 Å². The summed E-state index contributed by atoms with van der Waals surface area (Å²) in [6, 6.07) is 61.7. The maximum Gasteiger partial charge on any atom is 0.135 e. The molecule has 0 fully saturated rings. The smallest absolute Gasteiger partial charge is 0.135 e. The zero-order valence-electron chi connectivity index (χ0n) is 39.0. The number of para-hydroxylation sites is 2. The van der Waals surface area contributed by atoms with Gasteiger partial charge in [-0.25, -0.2) is 4.98 Å². The van der Waals surface area contributed by atoms with Crippen molar-refractivity contribution in [3.63, 3.8) is 0 Å². The monoisotopic (exact) mass is 1040 g/mol. The van der Waals surface area contributed by atoms with E-state index in [2.05, 4.69) is 222 Å². The average molecular weight is 1040 g/mol. The summed E-state index contributed by atoms with van der Waals surface area (Å²) in [6.45, 7) is 20.3. The molecule has 1 aliphatic heterocycles. The fourth-order valence-corrected chi connectivity index (χ4v) is 9.31. The molecule has 7 aromatic carbocycles. The largest absolute Gasteiger partial charge is 0.509 e. The predicted octanol–water partition coefficient (Wildman–Crippen LogP) is 16.4. The molecular formula is C60H55N4OPt-3. The first-order valence-electron chi connectivity index (χ1n) is 23.0. The molecule has 0 spiro atoms. The van der Waals surface area contributed by atoms with Crippen LogP contribution in [0, 0.1) is 18.8 Å². The van der Waals surface area contributed by atoms with E-state index in [0.717, 1.165) is 56.8 Å². The summed E-state index contributed by atoms with van der Waals surface area (Å²) in [7, 11) is 0. The number of rotatable bonds is 10. The van der Waals surface area contributed by atoms with Gasteiger partial charge in [0.15, 0.2) is 0 Å². The van der Waals surface area contributed by atoms with Gasteiger partial charge in [-0.05, 0) is 116 Å². The Kier molecular flexibility index (Phi) is 12.3. The van der Waals surface area contributed by atoms with Gasteiger partial charge in [-0.2, -0.15) is 12.1 Å². The molecule has 0 unspecified atom stereocenters. The number of pyridine rings is 1. The molecule has 0 aliphatic carbocycles. The Morgan fingerprint density at radius 2 is 1.32 bits per heavy atom. The van der Waals surface area contributed by atoms with E-state index in [-0.39, 0.29) is 26.5 Å². The summed E-state index contributed by atoms with van der Waals surface area (Å²) in [6.07, 6.45) is 2.83. The third-order valence-electron chi connectivity index (χ3n) is 12.8. The summed E-state index contributed by atoms with van der Waals surface area (Å²) in [4.78, 5) is 9.41. The van der Waals surface area contributed by atoms with Gasteiger partial charge in [0.2, 0.25) is 0 Å². The van der Waals surface area contributed by atoms with E-state index in [9.17, 15) is 0 Å². The topological polar surface area (TPSA) is 33.5 Å². The molecule has 9 aromatic rings. The van der Waals surface area contributed by atoms with Crippen LogP contribution < -0.4 is 14.5 Å². The van der Waals surface area contributed by atoms with Crippen LogP contribution in [-0.2, 0) is 32.9 Å². The van der Waals surface area contributed by atoms with Crippen LogP contribution in [0.4, 0.5) is 22.7 Å². The van der Waals surface area contributed by atoms with Crippen LogP contribution >= 0.6 is 0 Å². The SMILES string of the molecule is CCc1ccnc(-n2c3[c-]c(Oc4[c-]c(N5[CH-]N(c6cc(-c7ccccc7)cc(C(C)(C)C)c6)c6ccccc65)ccc4)ccc3c3cc(-c4c(C(C)C)cccc4C(C)C)ccc32)c1.[Pt]. The minimum atomic E-state index is -0.0392. The molecule has 1 aliphatic rings.